The molecule has 0 heterocycles. The van der Waals surface area contributed by atoms with Crippen molar-refractivity contribution in [1.82, 2.24) is 10.2 Å². The first-order chi connectivity index (χ1) is 10.5. The highest BCUT2D eigenvalue weighted by molar-refractivity contribution is 5.15. The molecule has 0 spiro atoms. The fourth-order valence-electron chi connectivity index (χ4n) is 2.28. The van der Waals surface area contributed by atoms with Crippen molar-refractivity contribution in [2.24, 2.45) is 0 Å². The van der Waals surface area contributed by atoms with Crippen molar-refractivity contribution in [2.45, 2.75) is 38.5 Å². The molecule has 1 atom stereocenters. The Hall–Kier alpha value is -1.33. The fraction of sp³-hybridized carbons (Fsp3) is 0.529. The lowest BCUT2D eigenvalue weighted by molar-refractivity contribution is -0.182. The highest BCUT2D eigenvalue weighted by Gasteiger charge is 2.42. The monoisotopic (exact) mass is 314 g/mol. The van der Waals surface area contributed by atoms with E-state index in [2.05, 4.69) is 11.9 Å². The van der Waals surface area contributed by atoms with Crippen LogP contribution in [0.1, 0.15) is 25.3 Å². The highest BCUT2D eigenvalue weighted by atomic mass is 19.4. The van der Waals surface area contributed by atoms with Gasteiger partial charge in [-0.15, -0.1) is 6.58 Å². The van der Waals surface area contributed by atoms with Crippen molar-refractivity contribution in [3.63, 3.8) is 0 Å². The van der Waals surface area contributed by atoms with Crippen molar-refractivity contribution in [1.29, 1.82) is 0 Å². The molecule has 5 heteroatoms. The van der Waals surface area contributed by atoms with E-state index in [4.69, 9.17) is 0 Å². The zero-order valence-corrected chi connectivity index (χ0v) is 13.1. The van der Waals surface area contributed by atoms with Crippen LogP contribution in [-0.4, -0.2) is 36.8 Å². The fourth-order valence-corrected chi connectivity index (χ4v) is 2.28. The van der Waals surface area contributed by atoms with Gasteiger partial charge in [0.05, 0.1) is 0 Å². The maximum absolute atomic E-state index is 13.4. The molecule has 0 bridgehead atoms. The molecule has 0 aromatic heterocycles. The molecule has 0 fully saturated rings. The molecule has 0 unspecified atom stereocenters. The second-order valence-electron chi connectivity index (χ2n) is 5.32. The molecule has 2 nitrogen and oxygen atoms in total. The molecule has 1 aromatic carbocycles. The number of hydrogen-bond acceptors (Lipinski definition) is 2. The Morgan fingerprint density at radius 3 is 2.50 bits per heavy atom. The SMILES string of the molecule is C=CCN(Cc1ccccc1)[C@H](CNCCCC)C(F)(F)F. The Morgan fingerprint density at radius 1 is 1.27 bits per heavy atom. The number of unbranched alkanes of at least 4 members (excludes halogenated alkanes) is 1. The van der Waals surface area contributed by atoms with Gasteiger partial charge in [0.25, 0.3) is 0 Å². The zero-order valence-electron chi connectivity index (χ0n) is 13.1. The van der Waals surface area contributed by atoms with Gasteiger partial charge in [-0.05, 0) is 18.5 Å². The van der Waals surface area contributed by atoms with E-state index >= 15 is 0 Å². The summed E-state index contributed by atoms with van der Waals surface area (Å²) in [6.07, 6.45) is -0.903. The average Bonchev–Trinajstić information content (AvgIpc) is 2.47. The van der Waals surface area contributed by atoms with E-state index in [1.165, 1.54) is 11.0 Å². The van der Waals surface area contributed by atoms with Gasteiger partial charge in [-0.2, -0.15) is 13.2 Å². The van der Waals surface area contributed by atoms with Gasteiger partial charge >= 0.3 is 6.18 Å². The Morgan fingerprint density at radius 2 is 1.95 bits per heavy atom. The third-order valence-electron chi connectivity index (χ3n) is 3.46. The highest BCUT2D eigenvalue weighted by Crippen LogP contribution is 2.26. The Labute approximate surface area is 131 Å². The number of hydrogen-bond donors (Lipinski definition) is 1. The van der Waals surface area contributed by atoms with Gasteiger partial charge < -0.3 is 5.32 Å². The van der Waals surface area contributed by atoms with Crippen LogP contribution in [0.15, 0.2) is 43.0 Å². The minimum absolute atomic E-state index is 0.0931. The van der Waals surface area contributed by atoms with Crippen molar-refractivity contribution >= 4 is 0 Å². The Bertz CT molecular complexity index is 418. The Kier molecular flexibility index (Phi) is 8.20. The lowest BCUT2D eigenvalue weighted by Gasteiger charge is -2.32. The van der Waals surface area contributed by atoms with Crippen LogP contribution < -0.4 is 5.32 Å². The molecule has 1 N–H and O–H groups in total. The van der Waals surface area contributed by atoms with Crippen LogP contribution >= 0.6 is 0 Å². The molecule has 0 saturated carbocycles. The molecule has 22 heavy (non-hydrogen) atoms. The number of rotatable bonds is 10. The lowest BCUT2D eigenvalue weighted by atomic mass is 10.1. The van der Waals surface area contributed by atoms with Crippen molar-refractivity contribution in [3.8, 4) is 0 Å². The molecule has 1 aromatic rings. The minimum atomic E-state index is -4.27. The predicted molar refractivity (Wildman–Crippen MR) is 84.7 cm³/mol. The van der Waals surface area contributed by atoms with Crippen LogP contribution in [0.2, 0.25) is 0 Å². The minimum Gasteiger partial charge on any atom is -0.315 e. The molecular weight excluding hydrogens is 289 g/mol. The molecule has 1 rings (SSSR count). The van der Waals surface area contributed by atoms with Crippen LogP contribution in [0.25, 0.3) is 0 Å². The summed E-state index contributed by atoms with van der Waals surface area (Å²) in [5.41, 5.74) is 0.868. The van der Waals surface area contributed by atoms with Crippen LogP contribution in [0, 0.1) is 0 Å². The third kappa shape index (κ3) is 6.62. The van der Waals surface area contributed by atoms with Gasteiger partial charge in [0.1, 0.15) is 6.04 Å². The standard InChI is InChI=1S/C17H25F3N2/c1-3-5-11-21-13-16(17(18,19)20)22(12-4-2)14-15-9-7-6-8-10-15/h4,6-10,16,21H,2-3,5,11-14H2,1H3/t16-/m1/s1. The van der Waals surface area contributed by atoms with Crippen molar-refractivity contribution < 1.29 is 13.2 Å². The van der Waals surface area contributed by atoms with Crippen LogP contribution in [0.5, 0.6) is 0 Å². The van der Waals surface area contributed by atoms with Gasteiger partial charge in [-0.25, -0.2) is 0 Å². The summed E-state index contributed by atoms with van der Waals surface area (Å²) in [4.78, 5) is 1.42. The molecule has 0 amide bonds. The molecule has 0 saturated heterocycles. The normalized spacial score (nSPS) is 13.3. The number of nitrogens with zero attached hydrogens (tertiary/aromatic N) is 1. The first kappa shape index (κ1) is 18.7. The van der Waals surface area contributed by atoms with Gasteiger partial charge in [0, 0.05) is 19.6 Å². The van der Waals surface area contributed by atoms with E-state index in [-0.39, 0.29) is 19.6 Å². The summed E-state index contributed by atoms with van der Waals surface area (Å²) < 4.78 is 40.2. The smallest absolute Gasteiger partial charge is 0.315 e. The lowest BCUT2D eigenvalue weighted by Crippen LogP contribution is -2.51. The molecule has 0 aliphatic carbocycles. The maximum Gasteiger partial charge on any atom is 0.405 e. The summed E-state index contributed by atoms with van der Waals surface area (Å²) in [6, 6.07) is 7.70. The zero-order chi connectivity index (χ0) is 16.4. The Balaban J connectivity index is 2.77. The molecular formula is C17H25F3N2. The third-order valence-corrected chi connectivity index (χ3v) is 3.46. The first-order valence-electron chi connectivity index (χ1n) is 7.65. The van der Waals surface area contributed by atoms with E-state index in [1.54, 1.807) is 0 Å². The average molecular weight is 314 g/mol. The predicted octanol–water partition coefficient (Wildman–Crippen LogP) is 4.00. The maximum atomic E-state index is 13.4. The quantitative estimate of drug-likeness (QED) is 0.519. The van der Waals surface area contributed by atoms with Gasteiger partial charge in [-0.3, -0.25) is 4.90 Å². The van der Waals surface area contributed by atoms with E-state index in [0.717, 1.165) is 18.4 Å². The summed E-state index contributed by atoms with van der Waals surface area (Å²) >= 11 is 0. The number of alkyl halides is 3. The van der Waals surface area contributed by atoms with E-state index in [0.29, 0.717) is 6.54 Å². The number of halogens is 3. The van der Waals surface area contributed by atoms with Crippen LogP contribution in [0.4, 0.5) is 13.2 Å². The van der Waals surface area contributed by atoms with Crippen molar-refractivity contribution in [3.05, 3.63) is 48.6 Å². The van der Waals surface area contributed by atoms with Gasteiger partial charge in [0.15, 0.2) is 0 Å². The number of nitrogens with one attached hydrogen (secondary N) is 1. The van der Waals surface area contributed by atoms with E-state index in [1.807, 2.05) is 37.3 Å². The topological polar surface area (TPSA) is 15.3 Å². The largest absolute Gasteiger partial charge is 0.405 e. The van der Waals surface area contributed by atoms with Crippen LogP contribution in [0.3, 0.4) is 0 Å². The molecule has 0 aliphatic rings. The van der Waals surface area contributed by atoms with Gasteiger partial charge in [-0.1, -0.05) is 49.8 Å². The summed E-state index contributed by atoms with van der Waals surface area (Å²) in [6.45, 7) is 6.58. The molecule has 0 aliphatic heterocycles. The second kappa shape index (κ2) is 9.64. The van der Waals surface area contributed by atoms with E-state index < -0.39 is 12.2 Å². The summed E-state index contributed by atoms with van der Waals surface area (Å²) in [7, 11) is 0. The van der Waals surface area contributed by atoms with E-state index in [9.17, 15) is 13.2 Å². The van der Waals surface area contributed by atoms with Gasteiger partial charge in [0.2, 0.25) is 0 Å². The van der Waals surface area contributed by atoms with Crippen LogP contribution in [-0.2, 0) is 6.54 Å². The summed E-state index contributed by atoms with van der Waals surface area (Å²) in [5.74, 6) is 0. The molecule has 0 radical (unpaired) electrons. The van der Waals surface area contributed by atoms with Crippen molar-refractivity contribution in [2.75, 3.05) is 19.6 Å². The molecule has 124 valence electrons. The summed E-state index contributed by atoms with van der Waals surface area (Å²) in [5, 5.41) is 2.92. The first-order valence-corrected chi connectivity index (χ1v) is 7.65. The second-order valence-corrected chi connectivity index (χ2v) is 5.32. The number of benzene rings is 1.